The first-order chi connectivity index (χ1) is 13.2. The maximum Gasteiger partial charge on any atom is 0.416 e. The van der Waals surface area contributed by atoms with Crippen molar-refractivity contribution in [3.63, 3.8) is 0 Å². The van der Waals surface area contributed by atoms with Crippen LogP contribution in [0.25, 0.3) is 0 Å². The number of rotatable bonds is 5. The molecule has 2 amide bonds. The van der Waals surface area contributed by atoms with Crippen LogP contribution >= 0.6 is 0 Å². The van der Waals surface area contributed by atoms with E-state index >= 15 is 0 Å². The van der Waals surface area contributed by atoms with Crippen molar-refractivity contribution < 1.29 is 37.0 Å². The molecule has 2 N–H and O–H groups in total. The fourth-order valence-electron chi connectivity index (χ4n) is 2.50. The third kappa shape index (κ3) is 6.12. The van der Waals surface area contributed by atoms with E-state index < -0.39 is 35.9 Å². The zero-order chi connectivity index (χ0) is 20.7. The SMILES string of the molecule is CCOC(=O)CC(=O)NNC(=O)c1cc(N2CCOCC2)cc(C(F)(F)F)c1. The van der Waals surface area contributed by atoms with E-state index in [4.69, 9.17) is 4.74 Å². The minimum Gasteiger partial charge on any atom is -0.466 e. The van der Waals surface area contributed by atoms with Gasteiger partial charge in [-0.3, -0.25) is 25.2 Å². The van der Waals surface area contributed by atoms with E-state index in [1.54, 1.807) is 11.8 Å². The number of morpholine rings is 1. The number of benzene rings is 1. The number of carbonyl (C=O) groups is 3. The first-order valence-electron chi connectivity index (χ1n) is 8.50. The second-order valence-electron chi connectivity index (χ2n) is 5.85. The molecule has 28 heavy (non-hydrogen) atoms. The molecule has 0 saturated carbocycles. The van der Waals surface area contributed by atoms with Crippen LogP contribution in [0.5, 0.6) is 0 Å². The van der Waals surface area contributed by atoms with Crippen LogP contribution in [0, 0.1) is 0 Å². The summed E-state index contributed by atoms with van der Waals surface area (Å²) in [7, 11) is 0. The van der Waals surface area contributed by atoms with Gasteiger partial charge in [0.05, 0.1) is 25.4 Å². The molecule has 1 fully saturated rings. The van der Waals surface area contributed by atoms with Gasteiger partial charge in [0.1, 0.15) is 6.42 Å². The molecule has 0 spiro atoms. The van der Waals surface area contributed by atoms with E-state index in [9.17, 15) is 27.6 Å². The number of esters is 1. The highest BCUT2D eigenvalue weighted by molar-refractivity contribution is 5.99. The van der Waals surface area contributed by atoms with Crippen LogP contribution in [0.3, 0.4) is 0 Å². The van der Waals surface area contributed by atoms with Gasteiger partial charge in [0.25, 0.3) is 5.91 Å². The van der Waals surface area contributed by atoms with Crippen LogP contribution in [0.1, 0.15) is 29.3 Å². The van der Waals surface area contributed by atoms with Crippen molar-refractivity contribution in [3.05, 3.63) is 29.3 Å². The minimum atomic E-state index is -4.65. The quantitative estimate of drug-likeness (QED) is 0.437. The van der Waals surface area contributed by atoms with Crippen molar-refractivity contribution >= 4 is 23.5 Å². The number of anilines is 1. The Kier molecular flexibility index (Phi) is 7.21. The molecule has 0 bridgehead atoms. The summed E-state index contributed by atoms with van der Waals surface area (Å²) in [5, 5.41) is 0. The Morgan fingerprint density at radius 1 is 1.14 bits per heavy atom. The monoisotopic (exact) mass is 403 g/mol. The van der Waals surface area contributed by atoms with Crippen LogP contribution in [-0.4, -0.2) is 50.7 Å². The molecule has 8 nitrogen and oxygen atoms in total. The van der Waals surface area contributed by atoms with Crippen molar-refractivity contribution in [3.8, 4) is 0 Å². The first kappa shape index (κ1) is 21.5. The lowest BCUT2D eigenvalue weighted by Crippen LogP contribution is -2.42. The molecular formula is C17H20F3N3O5. The van der Waals surface area contributed by atoms with Gasteiger partial charge in [0.15, 0.2) is 0 Å². The molecule has 154 valence electrons. The topological polar surface area (TPSA) is 97.0 Å². The highest BCUT2D eigenvalue weighted by Crippen LogP contribution is 2.33. The van der Waals surface area contributed by atoms with Gasteiger partial charge in [-0.15, -0.1) is 0 Å². The molecule has 0 radical (unpaired) electrons. The molecule has 1 saturated heterocycles. The molecule has 0 unspecified atom stereocenters. The van der Waals surface area contributed by atoms with E-state index in [2.05, 4.69) is 4.74 Å². The van der Waals surface area contributed by atoms with Gasteiger partial charge >= 0.3 is 12.1 Å². The van der Waals surface area contributed by atoms with Gasteiger partial charge in [0, 0.05) is 24.3 Å². The number of carbonyl (C=O) groups excluding carboxylic acids is 3. The number of hydrazine groups is 1. The van der Waals surface area contributed by atoms with Crippen LogP contribution in [0.2, 0.25) is 0 Å². The number of ether oxygens (including phenoxy) is 2. The number of hydrogen-bond donors (Lipinski definition) is 2. The number of nitrogens with zero attached hydrogens (tertiary/aromatic N) is 1. The minimum absolute atomic E-state index is 0.0903. The van der Waals surface area contributed by atoms with E-state index in [0.717, 1.165) is 6.07 Å². The molecule has 1 aromatic rings. The van der Waals surface area contributed by atoms with E-state index in [-0.39, 0.29) is 17.9 Å². The normalized spacial score (nSPS) is 14.4. The molecule has 0 aliphatic carbocycles. The second-order valence-corrected chi connectivity index (χ2v) is 5.85. The number of nitrogens with one attached hydrogen (secondary N) is 2. The molecule has 0 aromatic heterocycles. The van der Waals surface area contributed by atoms with Gasteiger partial charge in [-0.05, 0) is 25.1 Å². The number of halogens is 3. The highest BCUT2D eigenvalue weighted by atomic mass is 19.4. The molecule has 11 heteroatoms. The van der Waals surface area contributed by atoms with Gasteiger partial charge in [-0.25, -0.2) is 0 Å². The largest absolute Gasteiger partial charge is 0.466 e. The number of hydrogen-bond acceptors (Lipinski definition) is 6. The fourth-order valence-corrected chi connectivity index (χ4v) is 2.50. The Labute approximate surface area is 158 Å². The van der Waals surface area contributed by atoms with Crippen molar-refractivity contribution in [2.24, 2.45) is 0 Å². The van der Waals surface area contributed by atoms with Crippen LogP contribution in [0.4, 0.5) is 18.9 Å². The van der Waals surface area contributed by atoms with Crippen molar-refractivity contribution in [1.82, 2.24) is 10.9 Å². The predicted molar refractivity (Wildman–Crippen MR) is 91.3 cm³/mol. The molecule has 1 heterocycles. The summed E-state index contributed by atoms with van der Waals surface area (Å²) in [4.78, 5) is 36.7. The van der Waals surface area contributed by atoms with E-state index in [1.807, 2.05) is 10.9 Å². The van der Waals surface area contributed by atoms with Crippen LogP contribution in [0.15, 0.2) is 18.2 Å². The Bertz CT molecular complexity index is 733. The van der Waals surface area contributed by atoms with Gasteiger partial charge in [-0.2, -0.15) is 13.2 Å². The maximum absolute atomic E-state index is 13.2. The van der Waals surface area contributed by atoms with Gasteiger partial charge < -0.3 is 14.4 Å². The Balaban J connectivity index is 2.12. The average Bonchev–Trinajstić information content (AvgIpc) is 2.66. The number of alkyl halides is 3. The predicted octanol–water partition coefficient (Wildman–Crippen LogP) is 1.26. The maximum atomic E-state index is 13.2. The average molecular weight is 403 g/mol. The van der Waals surface area contributed by atoms with Crippen LogP contribution < -0.4 is 15.8 Å². The molecule has 0 atom stereocenters. The summed E-state index contributed by atoms with van der Waals surface area (Å²) in [5.74, 6) is -2.59. The Morgan fingerprint density at radius 2 is 1.82 bits per heavy atom. The molecule has 1 aliphatic rings. The first-order valence-corrected chi connectivity index (χ1v) is 8.50. The van der Waals surface area contributed by atoms with Gasteiger partial charge in [-0.1, -0.05) is 0 Å². The summed E-state index contributed by atoms with van der Waals surface area (Å²) < 4.78 is 49.4. The lowest BCUT2D eigenvalue weighted by molar-refractivity contribution is -0.146. The Hall–Kier alpha value is -2.82. The highest BCUT2D eigenvalue weighted by Gasteiger charge is 2.32. The summed E-state index contributed by atoms with van der Waals surface area (Å²) >= 11 is 0. The summed E-state index contributed by atoms with van der Waals surface area (Å²) in [6, 6.07) is 2.95. The molecule has 1 aliphatic heterocycles. The van der Waals surface area contributed by atoms with Gasteiger partial charge in [0.2, 0.25) is 5.91 Å². The van der Waals surface area contributed by atoms with Crippen molar-refractivity contribution in [2.45, 2.75) is 19.5 Å². The smallest absolute Gasteiger partial charge is 0.416 e. The number of amides is 2. The summed E-state index contributed by atoms with van der Waals surface area (Å²) in [5.41, 5.74) is 2.92. The zero-order valence-corrected chi connectivity index (χ0v) is 15.1. The summed E-state index contributed by atoms with van der Waals surface area (Å²) in [6.45, 7) is 3.16. The standard InChI is InChI=1S/C17H20F3N3O5/c1-2-28-15(25)10-14(24)21-22-16(26)11-7-12(17(18,19)20)9-13(8-11)23-3-5-27-6-4-23/h7-9H,2-6,10H2,1H3,(H,21,24)(H,22,26). The van der Waals surface area contributed by atoms with Crippen LogP contribution in [-0.2, 0) is 25.2 Å². The third-order valence-corrected chi connectivity index (χ3v) is 3.81. The van der Waals surface area contributed by atoms with E-state index in [0.29, 0.717) is 32.4 Å². The lowest BCUT2D eigenvalue weighted by atomic mass is 10.1. The van der Waals surface area contributed by atoms with E-state index in [1.165, 1.54) is 6.07 Å². The molecule has 2 rings (SSSR count). The molecule has 1 aromatic carbocycles. The lowest BCUT2D eigenvalue weighted by Gasteiger charge is -2.29. The zero-order valence-electron chi connectivity index (χ0n) is 15.1. The summed E-state index contributed by atoms with van der Waals surface area (Å²) in [6.07, 6.45) is -5.28. The third-order valence-electron chi connectivity index (χ3n) is 3.81. The molecular weight excluding hydrogens is 383 g/mol. The van der Waals surface area contributed by atoms with Crippen molar-refractivity contribution in [2.75, 3.05) is 37.8 Å². The fraction of sp³-hybridized carbons (Fsp3) is 0.471. The Morgan fingerprint density at radius 3 is 2.43 bits per heavy atom. The second kappa shape index (κ2) is 9.40. The van der Waals surface area contributed by atoms with Crippen molar-refractivity contribution in [1.29, 1.82) is 0 Å².